The summed E-state index contributed by atoms with van der Waals surface area (Å²) in [5.41, 5.74) is -1.16. The minimum absolute atomic E-state index is 0.383. The van der Waals surface area contributed by atoms with Gasteiger partial charge in [-0.1, -0.05) is 32.6 Å². The summed E-state index contributed by atoms with van der Waals surface area (Å²) in [6.07, 6.45) is 3.09. The molecular formula is C16H26N2O6. The fourth-order valence-electron chi connectivity index (χ4n) is 2.83. The van der Waals surface area contributed by atoms with Crippen LogP contribution >= 0.6 is 0 Å². The van der Waals surface area contributed by atoms with Crippen molar-refractivity contribution in [3.8, 4) is 0 Å². The number of H-pyrrole nitrogens is 1. The molecule has 0 aliphatic carbocycles. The van der Waals surface area contributed by atoms with Gasteiger partial charge in [0.2, 0.25) is 0 Å². The van der Waals surface area contributed by atoms with E-state index in [9.17, 15) is 19.8 Å². The molecule has 24 heavy (non-hydrogen) atoms. The molecule has 0 radical (unpaired) electrons. The number of ether oxygens (including phenoxy) is 2. The van der Waals surface area contributed by atoms with Crippen molar-refractivity contribution in [1.82, 2.24) is 9.55 Å². The van der Waals surface area contributed by atoms with E-state index in [0.29, 0.717) is 6.61 Å². The standard InChI is InChI=1S/C16H26N2O6/c1-2-3-4-5-6-9-23-14-13(21)11(10-19)24-15(14)18-8-7-12(20)17-16(18)22/h7-8,11,13-15,19,21H,2-6,9-10H2,1H3,(H,17,20,22). The van der Waals surface area contributed by atoms with Crippen LogP contribution in [0.2, 0.25) is 0 Å². The Kier molecular flexibility index (Phi) is 7.16. The molecule has 0 amide bonds. The van der Waals surface area contributed by atoms with Crippen LogP contribution in [-0.2, 0) is 9.47 Å². The number of aliphatic hydroxyl groups is 2. The molecular weight excluding hydrogens is 316 g/mol. The van der Waals surface area contributed by atoms with Gasteiger partial charge in [-0.3, -0.25) is 14.3 Å². The summed E-state index contributed by atoms with van der Waals surface area (Å²) in [7, 11) is 0. The van der Waals surface area contributed by atoms with E-state index in [1.165, 1.54) is 23.3 Å². The van der Waals surface area contributed by atoms with Crippen LogP contribution in [0.1, 0.15) is 45.3 Å². The molecule has 1 aliphatic rings. The smallest absolute Gasteiger partial charge is 0.330 e. The van der Waals surface area contributed by atoms with Crippen LogP contribution in [0.3, 0.4) is 0 Å². The second-order valence-corrected chi connectivity index (χ2v) is 6.01. The third kappa shape index (κ3) is 4.54. The number of nitrogens with one attached hydrogen (secondary N) is 1. The number of unbranched alkanes of at least 4 members (excludes halogenated alkanes) is 4. The van der Waals surface area contributed by atoms with E-state index in [4.69, 9.17) is 9.47 Å². The number of rotatable bonds is 9. The molecule has 1 aromatic heterocycles. The molecule has 8 heteroatoms. The number of aromatic amines is 1. The van der Waals surface area contributed by atoms with Gasteiger partial charge >= 0.3 is 5.69 Å². The van der Waals surface area contributed by atoms with Gasteiger partial charge < -0.3 is 19.7 Å². The van der Waals surface area contributed by atoms with E-state index in [2.05, 4.69) is 11.9 Å². The molecule has 1 fully saturated rings. The molecule has 0 saturated carbocycles. The summed E-state index contributed by atoms with van der Waals surface area (Å²) in [5, 5.41) is 19.6. The number of aliphatic hydroxyl groups excluding tert-OH is 2. The molecule has 1 saturated heterocycles. The maximum absolute atomic E-state index is 12.0. The van der Waals surface area contributed by atoms with Gasteiger partial charge in [-0.2, -0.15) is 0 Å². The Morgan fingerprint density at radius 3 is 2.71 bits per heavy atom. The number of nitrogens with zero attached hydrogens (tertiary/aromatic N) is 1. The van der Waals surface area contributed by atoms with E-state index >= 15 is 0 Å². The van der Waals surface area contributed by atoms with Crippen LogP contribution in [0.25, 0.3) is 0 Å². The first kappa shape index (κ1) is 18.9. The maximum Gasteiger partial charge on any atom is 0.330 e. The zero-order chi connectivity index (χ0) is 17.5. The molecule has 1 aromatic rings. The highest BCUT2D eigenvalue weighted by atomic mass is 16.6. The quantitative estimate of drug-likeness (QED) is 0.550. The Labute approximate surface area is 140 Å². The van der Waals surface area contributed by atoms with E-state index in [1.54, 1.807) is 0 Å². The lowest BCUT2D eigenvalue weighted by molar-refractivity contribution is -0.0749. The van der Waals surface area contributed by atoms with Gasteiger partial charge in [0.15, 0.2) is 6.23 Å². The van der Waals surface area contributed by atoms with Crippen molar-refractivity contribution in [2.24, 2.45) is 0 Å². The molecule has 136 valence electrons. The Balaban J connectivity index is 2.04. The Hall–Kier alpha value is -1.48. The molecule has 8 nitrogen and oxygen atoms in total. The average molecular weight is 342 g/mol. The van der Waals surface area contributed by atoms with Crippen molar-refractivity contribution in [3.63, 3.8) is 0 Å². The van der Waals surface area contributed by atoms with Crippen LogP contribution in [0.15, 0.2) is 21.9 Å². The average Bonchev–Trinajstić information content (AvgIpc) is 2.87. The highest BCUT2D eigenvalue weighted by Gasteiger charge is 2.45. The first-order valence-electron chi connectivity index (χ1n) is 8.46. The predicted molar refractivity (Wildman–Crippen MR) is 86.8 cm³/mol. The van der Waals surface area contributed by atoms with E-state index < -0.39 is 35.8 Å². The summed E-state index contributed by atoms with van der Waals surface area (Å²) in [5.74, 6) is 0. The molecule has 2 rings (SSSR count). The first-order valence-corrected chi connectivity index (χ1v) is 8.46. The van der Waals surface area contributed by atoms with Crippen LogP contribution in [0, 0.1) is 0 Å². The predicted octanol–water partition coefficient (Wildman–Crippen LogP) is 0.143. The minimum atomic E-state index is -1.05. The van der Waals surface area contributed by atoms with Gasteiger partial charge in [0.1, 0.15) is 18.3 Å². The lowest BCUT2D eigenvalue weighted by Crippen LogP contribution is -2.39. The van der Waals surface area contributed by atoms with Crippen LogP contribution in [0.5, 0.6) is 0 Å². The summed E-state index contributed by atoms with van der Waals surface area (Å²) >= 11 is 0. The molecule has 0 spiro atoms. The molecule has 4 unspecified atom stereocenters. The van der Waals surface area contributed by atoms with Gasteiger partial charge in [-0.15, -0.1) is 0 Å². The molecule has 0 bridgehead atoms. The van der Waals surface area contributed by atoms with Crippen molar-refractivity contribution in [2.75, 3.05) is 13.2 Å². The Morgan fingerprint density at radius 1 is 1.29 bits per heavy atom. The molecule has 3 N–H and O–H groups in total. The fourth-order valence-corrected chi connectivity index (χ4v) is 2.83. The van der Waals surface area contributed by atoms with Gasteiger partial charge in [0, 0.05) is 18.9 Å². The second kappa shape index (κ2) is 9.12. The number of hydrogen-bond donors (Lipinski definition) is 3. The maximum atomic E-state index is 12.0. The zero-order valence-corrected chi connectivity index (χ0v) is 13.9. The minimum Gasteiger partial charge on any atom is -0.394 e. The summed E-state index contributed by atoms with van der Waals surface area (Å²) in [6.45, 7) is 2.19. The SMILES string of the molecule is CCCCCCCOC1C(O)C(CO)OC1n1ccc(=O)[nH]c1=O. The van der Waals surface area contributed by atoms with Gasteiger partial charge in [0.05, 0.1) is 6.61 Å². The molecule has 1 aliphatic heterocycles. The molecule has 0 aromatic carbocycles. The van der Waals surface area contributed by atoms with Gasteiger partial charge in [0.25, 0.3) is 5.56 Å². The zero-order valence-electron chi connectivity index (χ0n) is 13.9. The van der Waals surface area contributed by atoms with E-state index in [0.717, 1.165) is 25.7 Å². The third-order valence-electron chi connectivity index (χ3n) is 4.18. The second-order valence-electron chi connectivity index (χ2n) is 6.01. The van der Waals surface area contributed by atoms with Crippen molar-refractivity contribution in [3.05, 3.63) is 33.1 Å². The van der Waals surface area contributed by atoms with Crippen LogP contribution in [-0.4, -0.2) is 51.3 Å². The van der Waals surface area contributed by atoms with Crippen LogP contribution in [0.4, 0.5) is 0 Å². The Bertz CT molecular complexity index is 613. The highest BCUT2D eigenvalue weighted by Crippen LogP contribution is 2.30. The van der Waals surface area contributed by atoms with Crippen molar-refractivity contribution >= 4 is 0 Å². The van der Waals surface area contributed by atoms with Gasteiger partial charge in [-0.25, -0.2) is 4.79 Å². The summed E-state index contributed by atoms with van der Waals surface area (Å²) < 4.78 is 12.5. The van der Waals surface area contributed by atoms with Crippen LogP contribution < -0.4 is 11.2 Å². The normalized spacial score (nSPS) is 26.8. The molecule has 2 heterocycles. The largest absolute Gasteiger partial charge is 0.394 e. The third-order valence-corrected chi connectivity index (χ3v) is 4.18. The summed E-state index contributed by atoms with van der Waals surface area (Å²) in [4.78, 5) is 25.3. The molecule has 4 atom stereocenters. The van der Waals surface area contributed by atoms with E-state index in [1.807, 2.05) is 0 Å². The number of aromatic nitrogens is 2. The lowest BCUT2D eigenvalue weighted by Gasteiger charge is -2.22. The monoisotopic (exact) mass is 342 g/mol. The van der Waals surface area contributed by atoms with Crippen molar-refractivity contribution in [2.45, 2.75) is 63.6 Å². The topological polar surface area (TPSA) is 114 Å². The van der Waals surface area contributed by atoms with Crippen molar-refractivity contribution < 1.29 is 19.7 Å². The van der Waals surface area contributed by atoms with E-state index in [-0.39, 0.29) is 6.61 Å². The first-order chi connectivity index (χ1) is 11.6. The fraction of sp³-hybridized carbons (Fsp3) is 0.750. The summed E-state index contributed by atoms with van der Waals surface area (Å²) in [6, 6.07) is 1.20. The van der Waals surface area contributed by atoms with Gasteiger partial charge in [-0.05, 0) is 6.42 Å². The number of hydrogen-bond acceptors (Lipinski definition) is 6. The highest BCUT2D eigenvalue weighted by molar-refractivity contribution is 4.93. The van der Waals surface area contributed by atoms with Crippen molar-refractivity contribution in [1.29, 1.82) is 0 Å². The lowest BCUT2D eigenvalue weighted by atomic mass is 10.1. The Morgan fingerprint density at radius 2 is 2.04 bits per heavy atom.